The molecule has 4 atom stereocenters. The molecule has 0 aromatic rings. The second-order valence-electron chi connectivity index (χ2n) is 4.95. The van der Waals surface area contributed by atoms with Gasteiger partial charge in [0.1, 0.15) is 0 Å². The quantitative estimate of drug-likeness (QED) is 0.535. The summed E-state index contributed by atoms with van der Waals surface area (Å²) >= 11 is 0. The Labute approximate surface area is 95.4 Å². The molecule has 2 unspecified atom stereocenters. The minimum atomic E-state index is -0.775. The maximum Gasteiger partial charge on any atom is 0.225 e. The van der Waals surface area contributed by atoms with Crippen LogP contribution in [-0.2, 0) is 4.79 Å². The fraction of sp³-hybridized carbons (Fsp3) is 0.909. The van der Waals surface area contributed by atoms with Crippen LogP contribution in [0.4, 0.5) is 0 Å². The maximum atomic E-state index is 12.1. The van der Waals surface area contributed by atoms with Crippen LogP contribution in [0.2, 0.25) is 0 Å². The van der Waals surface area contributed by atoms with Gasteiger partial charge >= 0.3 is 0 Å². The van der Waals surface area contributed by atoms with E-state index in [0.29, 0.717) is 6.04 Å². The highest BCUT2D eigenvalue weighted by Crippen LogP contribution is 2.21. The highest BCUT2D eigenvalue weighted by molar-refractivity contribution is 5.79. The summed E-state index contributed by atoms with van der Waals surface area (Å²) in [6.07, 6.45) is 0.152. The lowest BCUT2D eigenvalue weighted by atomic mass is 9.92. The first-order chi connectivity index (χ1) is 7.58. The highest BCUT2D eigenvalue weighted by atomic mass is 16.3. The number of carbonyl (C=O) groups excluding carboxylic acids is 1. The van der Waals surface area contributed by atoms with Crippen LogP contribution < -0.4 is 5.32 Å². The van der Waals surface area contributed by atoms with E-state index in [1.54, 1.807) is 4.90 Å². The van der Waals surface area contributed by atoms with Crippen molar-refractivity contribution in [3.8, 4) is 0 Å². The zero-order valence-electron chi connectivity index (χ0n) is 9.59. The molecule has 2 saturated heterocycles. The SMILES string of the molecule is CC1CC(C(=O)N2C[C@@H](O)[C@@H](O)C2)CCN1. The summed E-state index contributed by atoms with van der Waals surface area (Å²) in [5, 5.41) is 22.1. The first-order valence-electron chi connectivity index (χ1n) is 5.96. The van der Waals surface area contributed by atoms with Crippen molar-refractivity contribution in [2.45, 2.75) is 38.0 Å². The van der Waals surface area contributed by atoms with Crippen LogP contribution in [0.5, 0.6) is 0 Å². The Bertz CT molecular complexity index is 255. The van der Waals surface area contributed by atoms with Crippen molar-refractivity contribution >= 4 is 5.91 Å². The number of hydrogen-bond donors (Lipinski definition) is 3. The summed E-state index contributed by atoms with van der Waals surface area (Å²) in [4.78, 5) is 13.7. The van der Waals surface area contributed by atoms with Crippen LogP contribution in [-0.4, -0.2) is 58.9 Å². The van der Waals surface area contributed by atoms with E-state index in [4.69, 9.17) is 0 Å². The number of nitrogens with one attached hydrogen (secondary N) is 1. The van der Waals surface area contributed by atoms with Crippen molar-refractivity contribution in [1.82, 2.24) is 10.2 Å². The summed E-state index contributed by atoms with van der Waals surface area (Å²) in [7, 11) is 0. The molecule has 0 aromatic carbocycles. The first-order valence-corrected chi connectivity index (χ1v) is 5.96. The van der Waals surface area contributed by atoms with Crippen molar-refractivity contribution in [3.05, 3.63) is 0 Å². The Hall–Kier alpha value is -0.650. The van der Waals surface area contributed by atoms with E-state index in [-0.39, 0.29) is 24.9 Å². The third-order valence-corrected chi connectivity index (χ3v) is 3.54. The number of nitrogens with zero attached hydrogens (tertiary/aromatic N) is 1. The van der Waals surface area contributed by atoms with E-state index in [9.17, 15) is 15.0 Å². The third kappa shape index (κ3) is 2.36. The minimum Gasteiger partial charge on any atom is -0.388 e. The monoisotopic (exact) mass is 228 g/mol. The van der Waals surface area contributed by atoms with Gasteiger partial charge in [-0.2, -0.15) is 0 Å². The van der Waals surface area contributed by atoms with E-state index in [0.717, 1.165) is 19.4 Å². The Balaban J connectivity index is 1.92. The van der Waals surface area contributed by atoms with Crippen LogP contribution in [0.15, 0.2) is 0 Å². The van der Waals surface area contributed by atoms with Gasteiger partial charge in [-0.3, -0.25) is 4.79 Å². The van der Waals surface area contributed by atoms with Gasteiger partial charge in [-0.15, -0.1) is 0 Å². The summed E-state index contributed by atoms with van der Waals surface area (Å²) in [5.74, 6) is 0.137. The van der Waals surface area contributed by atoms with Gasteiger partial charge in [0, 0.05) is 25.0 Å². The molecule has 2 aliphatic heterocycles. The Morgan fingerprint density at radius 3 is 2.50 bits per heavy atom. The molecule has 0 aromatic heterocycles. The van der Waals surface area contributed by atoms with Crippen molar-refractivity contribution in [2.75, 3.05) is 19.6 Å². The van der Waals surface area contributed by atoms with Gasteiger partial charge in [0.15, 0.2) is 0 Å². The van der Waals surface area contributed by atoms with E-state index in [1.807, 2.05) is 0 Å². The lowest BCUT2D eigenvalue weighted by Gasteiger charge is -2.30. The van der Waals surface area contributed by atoms with Crippen molar-refractivity contribution in [3.63, 3.8) is 0 Å². The summed E-state index contributed by atoms with van der Waals surface area (Å²) < 4.78 is 0. The Morgan fingerprint density at radius 1 is 1.31 bits per heavy atom. The average molecular weight is 228 g/mol. The number of aliphatic hydroxyl groups is 2. The van der Waals surface area contributed by atoms with Gasteiger partial charge in [-0.25, -0.2) is 0 Å². The lowest BCUT2D eigenvalue weighted by molar-refractivity contribution is -0.136. The largest absolute Gasteiger partial charge is 0.388 e. The maximum absolute atomic E-state index is 12.1. The predicted molar refractivity (Wildman–Crippen MR) is 58.8 cm³/mol. The van der Waals surface area contributed by atoms with E-state index in [2.05, 4.69) is 12.2 Å². The van der Waals surface area contributed by atoms with Gasteiger partial charge in [0.25, 0.3) is 0 Å². The normalized spacial score (nSPS) is 40.1. The van der Waals surface area contributed by atoms with Crippen LogP contribution >= 0.6 is 0 Å². The molecule has 3 N–H and O–H groups in total. The number of β-amino-alcohol motifs (C(OH)–C–C–N with tert-alkyl or cyclic N) is 2. The smallest absolute Gasteiger partial charge is 0.225 e. The Morgan fingerprint density at radius 2 is 1.94 bits per heavy atom. The molecule has 92 valence electrons. The highest BCUT2D eigenvalue weighted by Gasteiger charge is 2.36. The molecular formula is C11H20N2O3. The van der Waals surface area contributed by atoms with Crippen molar-refractivity contribution in [2.24, 2.45) is 5.92 Å². The zero-order chi connectivity index (χ0) is 11.7. The number of aliphatic hydroxyl groups excluding tert-OH is 2. The number of amides is 1. The average Bonchev–Trinajstić information content (AvgIpc) is 2.58. The topological polar surface area (TPSA) is 72.8 Å². The van der Waals surface area contributed by atoms with Crippen LogP contribution in [0, 0.1) is 5.92 Å². The number of piperidine rings is 1. The molecule has 2 heterocycles. The van der Waals surface area contributed by atoms with E-state index in [1.165, 1.54) is 0 Å². The molecule has 0 saturated carbocycles. The number of likely N-dealkylation sites (tertiary alicyclic amines) is 1. The Kier molecular flexibility index (Phi) is 3.47. The third-order valence-electron chi connectivity index (χ3n) is 3.54. The predicted octanol–water partition coefficient (Wildman–Crippen LogP) is -1.06. The van der Waals surface area contributed by atoms with Crippen LogP contribution in [0.1, 0.15) is 19.8 Å². The van der Waals surface area contributed by atoms with Gasteiger partial charge in [-0.1, -0.05) is 0 Å². The molecule has 0 radical (unpaired) electrons. The van der Waals surface area contributed by atoms with Gasteiger partial charge in [0.05, 0.1) is 12.2 Å². The molecule has 5 heteroatoms. The number of rotatable bonds is 1. The van der Waals surface area contributed by atoms with Gasteiger partial charge in [-0.05, 0) is 26.3 Å². The molecule has 0 bridgehead atoms. The molecule has 5 nitrogen and oxygen atoms in total. The summed E-state index contributed by atoms with van der Waals surface area (Å²) in [6.45, 7) is 3.50. The van der Waals surface area contributed by atoms with E-state index >= 15 is 0 Å². The van der Waals surface area contributed by atoms with Gasteiger partial charge in [0.2, 0.25) is 5.91 Å². The van der Waals surface area contributed by atoms with E-state index < -0.39 is 12.2 Å². The standard InChI is InChI=1S/C11H20N2O3/c1-7-4-8(2-3-12-7)11(16)13-5-9(14)10(15)6-13/h7-10,12,14-15H,2-6H2,1H3/t7?,8?,9-,10+. The molecular weight excluding hydrogens is 208 g/mol. The van der Waals surface area contributed by atoms with Crippen molar-refractivity contribution in [1.29, 1.82) is 0 Å². The molecule has 2 rings (SSSR count). The summed E-state index contributed by atoms with van der Waals surface area (Å²) in [5.41, 5.74) is 0. The molecule has 0 spiro atoms. The molecule has 16 heavy (non-hydrogen) atoms. The van der Waals surface area contributed by atoms with Gasteiger partial charge < -0.3 is 20.4 Å². The fourth-order valence-corrected chi connectivity index (χ4v) is 2.56. The second kappa shape index (κ2) is 4.69. The van der Waals surface area contributed by atoms with Crippen LogP contribution in [0.25, 0.3) is 0 Å². The second-order valence-corrected chi connectivity index (χ2v) is 4.95. The minimum absolute atomic E-state index is 0.0498. The molecule has 1 amide bonds. The summed E-state index contributed by atoms with van der Waals surface area (Å²) in [6, 6.07) is 0.375. The molecule has 2 fully saturated rings. The van der Waals surface area contributed by atoms with Crippen molar-refractivity contribution < 1.29 is 15.0 Å². The first kappa shape index (κ1) is 11.8. The molecule has 0 aliphatic carbocycles. The molecule has 2 aliphatic rings. The van der Waals surface area contributed by atoms with Crippen LogP contribution in [0.3, 0.4) is 0 Å². The lowest BCUT2D eigenvalue weighted by Crippen LogP contribution is -2.43. The number of hydrogen-bond acceptors (Lipinski definition) is 4. The number of carbonyl (C=O) groups is 1. The zero-order valence-corrected chi connectivity index (χ0v) is 9.59. The fourth-order valence-electron chi connectivity index (χ4n) is 2.56.